The number of nitrogens with one attached hydrogen (secondary N) is 1. The minimum atomic E-state index is -1.24. The zero-order valence-electron chi connectivity index (χ0n) is 33.0. The number of anilines is 2. The van der Waals surface area contributed by atoms with Crippen LogP contribution in [0, 0.1) is 0 Å². The number of amides is 7. The topological polar surface area (TPSA) is 256 Å². The van der Waals surface area contributed by atoms with E-state index in [2.05, 4.69) is 5.32 Å². The molecule has 6 N–H and O–H groups in total. The second-order valence-corrected chi connectivity index (χ2v) is 15.4. The zero-order chi connectivity index (χ0) is 42.4. The van der Waals surface area contributed by atoms with Gasteiger partial charge < -0.3 is 46.1 Å². The van der Waals surface area contributed by atoms with Crippen LogP contribution in [0.2, 0.25) is 0 Å². The Labute approximate surface area is 329 Å². The molecule has 19 nitrogen and oxygen atoms in total. The molecular weight excluding hydrogens is 744 g/mol. The highest BCUT2D eigenvalue weighted by molar-refractivity contribution is 6.25. The van der Waals surface area contributed by atoms with E-state index >= 15 is 0 Å². The van der Waals surface area contributed by atoms with Crippen LogP contribution in [0.4, 0.5) is 21.0 Å². The molecule has 2 saturated heterocycles. The smallest absolute Gasteiger partial charge is 0.410 e. The third kappa shape index (κ3) is 11.0. The summed E-state index contributed by atoms with van der Waals surface area (Å²) in [6.45, 7) is 14.5. The molecule has 19 heteroatoms. The van der Waals surface area contributed by atoms with Gasteiger partial charge in [-0.25, -0.2) is 9.59 Å². The number of nitrogens with two attached hydrogens (primary N) is 2. The van der Waals surface area contributed by atoms with E-state index in [1.54, 1.807) is 43.9 Å². The minimum Gasteiger partial charge on any atom is -0.480 e. The summed E-state index contributed by atoms with van der Waals surface area (Å²) in [5, 5.41) is 11.8. The Kier molecular flexibility index (Phi) is 13.5. The summed E-state index contributed by atoms with van der Waals surface area (Å²) in [6.07, 6.45) is -0.621. The Morgan fingerprint density at radius 2 is 1.00 bits per heavy atom. The standard InChI is InChI=1S/C19H24N4O5.C10H8N2O4.C9H18N2O2/c1-19(2,3)28-18(27)22-9-7-21(8-10-22)14(24)11-23-16(25)12-5-4-6-13(20)15(12)17(23)26;11-6-3-1-2-5-8(6)10(16)12(9(5)15)4-7(13)14;1-9(2,3)13-8(12)11-6-4-10-5-7-11/h4-6H,7-11,20H2,1-3H3;1-3H,4,11H2,(H,13,14);10H,4-7H2,1-3H3. The normalized spacial score (nSPS) is 16.6. The summed E-state index contributed by atoms with van der Waals surface area (Å²) in [7, 11) is 0. The first kappa shape index (κ1) is 43.5. The molecule has 2 aromatic carbocycles. The van der Waals surface area contributed by atoms with Gasteiger partial charge in [-0.15, -0.1) is 0 Å². The molecule has 0 aliphatic carbocycles. The van der Waals surface area contributed by atoms with Gasteiger partial charge in [-0.2, -0.15) is 0 Å². The number of nitrogens with zero attached hydrogens (tertiary/aromatic N) is 5. The average molecular weight is 795 g/mol. The molecule has 0 radical (unpaired) electrons. The lowest BCUT2D eigenvalue weighted by molar-refractivity contribution is -0.137. The number of benzene rings is 2. The third-order valence-corrected chi connectivity index (χ3v) is 8.70. The van der Waals surface area contributed by atoms with E-state index in [9.17, 15) is 38.4 Å². The van der Waals surface area contributed by atoms with E-state index < -0.39 is 47.8 Å². The Balaban J connectivity index is 0.000000209. The second-order valence-electron chi connectivity index (χ2n) is 15.4. The van der Waals surface area contributed by atoms with Crippen LogP contribution >= 0.6 is 0 Å². The van der Waals surface area contributed by atoms with Gasteiger partial charge >= 0.3 is 18.2 Å². The van der Waals surface area contributed by atoms with Crippen molar-refractivity contribution in [3.63, 3.8) is 0 Å². The van der Waals surface area contributed by atoms with E-state index in [1.807, 2.05) is 20.8 Å². The Bertz CT molecular complexity index is 1920. The predicted octanol–water partition coefficient (Wildman–Crippen LogP) is 1.72. The Morgan fingerprint density at radius 3 is 1.39 bits per heavy atom. The fraction of sp³-hybridized carbons (Fsp3) is 0.474. The van der Waals surface area contributed by atoms with Crippen LogP contribution in [0.25, 0.3) is 0 Å². The lowest BCUT2D eigenvalue weighted by Gasteiger charge is -2.36. The molecule has 0 saturated carbocycles. The van der Waals surface area contributed by atoms with Crippen molar-refractivity contribution in [2.24, 2.45) is 0 Å². The molecule has 0 bridgehead atoms. The fourth-order valence-corrected chi connectivity index (χ4v) is 6.02. The molecule has 7 amide bonds. The molecule has 2 fully saturated rings. The first-order chi connectivity index (χ1) is 26.6. The number of carbonyl (C=O) groups excluding carboxylic acids is 7. The highest BCUT2D eigenvalue weighted by atomic mass is 16.6. The van der Waals surface area contributed by atoms with Crippen molar-refractivity contribution in [3.8, 4) is 0 Å². The van der Waals surface area contributed by atoms with Crippen molar-refractivity contribution < 1.29 is 52.9 Å². The van der Waals surface area contributed by atoms with Crippen LogP contribution < -0.4 is 16.8 Å². The van der Waals surface area contributed by atoms with Gasteiger partial charge in [-0.3, -0.25) is 38.6 Å². The summed E-state index contributed by atoms with van der Waals surface area (Å²) >= 11 is 0. The van der Waals surface area contributed by atoms with Crippen molar-refractivity contribution in [3.05, 3.63) is 58.7 Å². The molecule has 0 spiro atoms. The van der Waals surface area contributed by atoms with Gasteiger partial charge in [-0.05, 0) is 65.8 Å². The van der Waals surface area contributed by atoms with Crippen molar-refractivity contribution >= 4 is 59.1 Å². The number of imide groups is 2. The number of rotatable bonds is 4. The SMILES string of the molecule is CC(C)(C)OC(=O)N1CCN(C(=O)CN2C(=O)c3cccc(N)c3C2=O)CC1.CC(C)(C)OC(=O)N1CCNCC1.Nc1cccc2c1C(=O)N(CC(=O)O)C2=O. The largest absolute Gasteiger partial charge is 0.480 e. The number of piperazine rings is 2. The van der Waals surface area contributed by atoms with E-state index in [-0.39, 0.29) is 57.8 Å². The number of carbonyl (C=O) groups is 8. The lowest BCUT2D eigenvalue weighted by atomic mass is 10.1. The fourth-order valence-electron chi connectivity index (χ4n) is 6.02. The van der Waals surface area contributed by atoms with Gasteiger partial charge in [0.25, 0.3) is 23.6 Å². The van der Waals surface area contributed by atoms with Gasteiger partial charge in [0.1, 0.15) is 24.3 Å². The van der Waals surface area contributed by atoms with Crippen molar-refractivity contribution in [1.82, 2.24) is 29.8 Å². The number of carboxylic acid groups (broad SMARTS) is 1. The summed E-state index contributed by atoms with van der Waals surface area (Å²) < 4.78 is 10.6. The summed E-state index contributed by atoms with van der Waals surface area (Å²) in [6, 6.07) is 9.16. The number of nitrogen functional groups attached to an aromatic ring is 2. The zero-order valence-corrected chi connectivity index (χ0v) is 33.0. The predicted molar refractivity (Wildman–Crippen MR) is 205 cm³/mol. The van der Waals surface area contributed by atoms with Crippen molar-refractivity contribution in [2.45, 2.75) is 52.7 Å². The number of ether oxygens (including phenoxy) is 2. The average Bonchev–Trinajstić information content (AvgIpc) is 3.52. The van der Waals surface area contributed by atoms with Crippen LogP contribution in [0.5, 0.6) is 0 Å². The minimum absolute atomic E-state index is 0.0914. The monoisotopic (exact) mass is 794 g/mol. The van der Waals surface area contributed by atoms with Crippen LogP contribution in [0.1, 0.15) is 83.0 Å². The molecule has 4 heterocycles. The molecule has 308 valence electrons. The van der Waals surface area contributed by atoms with Crippen LogP contribution in [-0.2, 0) is 19.1 Å². The number of hydrogen-bond donors (Lipinski definition) is 4. The molecule has 0 aromatic heterocycles. The van der Waals surface area contributed by atoms with Gasteiger partial charge in [-0.1, -0.05) is 12.1 Å². The summed E-state index contributed by atoms with van der Waals surface area (Å²) in [5.41, 5.74) is 11.4. The third-order valence-electron chi connectivity index (χ3n) is 8.70. The molecule has 4 aliphatic heterocycles. The quantitative estimate of drug-likeness (QED) is 0.254. The summed E-state index contributed by atoms with van der Waals surface area (Å²) in [4.78, 5) is 101. The molecule has 6 rings (SSSR count). The molecule has 57 heavy (non-hydrogen) atoms. The van der Waals surface area contributed by atoms with Gasteiger partial charge in [0, 0.05) is 63.7 Å². The maximum absolute atomic E-state index is 12.6. The van der Waals surface area contributed by atoms with Crippen LogP contribution in [0.3, 0.4) is 0 Å². The van der Waals surface area contributed by atoms with Crippen LogP contribution in [0.15, 0.2) is 36.4 Å². The Hall–Kier alpha value is -6.24. The maximum Gasteiger partial charge on any atom is 0.410 e. The molecular formula is C38H50N8O11. The number of fused-ring (bicyclic) bond motifs is 2. The van der Waals surface area contributed by atoms with E-state index in [4.69, 9.17) is 26.0 Å². The van der Waals surface area contributed by atoms with E-state index in [1.165, 1.54) is 28.0 Å². The van der Waals surface area contributed by atoms with Crippen molar-refractivity contribution in [1.29, 1.82) is 0 Å². The van der Waals surface area contributed by atoms with Gasteiger partial charge in [0.15, 0.2) is 0 Å². The summed E-state index contributed by atoms with van der Waals surface area (Å²) in [5.74, 6) is -3.94. The maximum atomic E-state index is 12.6. The van der Waals surface area contributed by atoms with Gasteiger partial charge in [0.2, 0.25) is 5.91 Å². The van der Waals surface area contributed by atoms with Gasteiger partial charge in [0.05, 0.1) is 22.3 Å². The number of aliphatic carboxylic acids is 1. The molecule has 0 unspecified atom stereocenters. The first-order valence-corrected chi connectivity index (χ1v) is 18.2. The highest BCUT2D eigenvalue weighted by Gasteiger charge is 2.40. The highest BCUT2D eigenvalue weighted by Crippen LogP contribution is 2.28. The second kappa shape index (κ2) is 17.7. The van der Waals surface area contributed by atoms with E-state index in [0.717, 1.165) is 31.1 Å². The van der Waals surface area contributed by atoms with Crippen LogP contribution in [-0.4, -0.2) is 154 Å². The molecule has 0 atom stereocenters. The van der Waals surface area contributed by atoms with Crippen molar-refractivity contribution in [2.75, 3.05) is 76.9 Å². The van der Waals surface area contributed by atoms with E-state index in [0.29, 0.717) is 31.1 Å². The number of hydrogen-bond acceptors (Lipinski definition) is 13. The Morgan fingerprint density at radius 1 is 0.614 bits per heavy atom. The molecule has 4 aliphatic rings. The number of carboxylic acids is 1. The molecule has 2 aromatic rings. The first-order valence-electron chi connectivity index (χ1n) is 18.2. The lowest BCUT2D eigenvalue weighted by Crippen LogP contribution is -2.53.